The second-order valence-corrected chi connectivity index (χ2v) is 5.20. The van der Waals surface area contributed by atoms with E-state index in [1.807, 2.05) is 13.8 Å². The van der Waals surface area contributed by atoms with Gasteiger partial charge in [-0.05, 0) is 26.7 Å². The van der Waals surface area contributed by atoms with Crippen molar-refractivity contribution < 1.29 is 9.47 Å². The van der Waals surface area contributed by atoms with Crippen LogP contribution < -0.4 is 5.32 Å². The highest BCUT2D eigenvalue weighted by atomic mass is 16.7. The van der Waals surface area contributed by atoms with E-state index in [0.717, 1.165) is 39.3 Å². The summed E-state index contributed by atoms with van der Waals surface area (Å²) in [7, 11) is 0. The summed E-state index contributed by atoms with van der Waals surface area (Å²) in [6.07, 6.45) is 3.33. The number of nitrogens with one attached hydrogen (secondary N) is 1. The lowest BCUT2D eigenvalue weighted by molar-refractivity contribution is -0.143. The van der Waals surface area contributed by atoms with Crippen molar-refractivity contribution in [2.45, 2.75) is 65.3 Å². The van der Waals surface area contributed by atoms with Gasteiger partial charge >= 0.3 is 0 Å². The average Bonchev–Trinajstić information content (AvgIpc) is 2.44. The number of hydrogen-bond donors (Lipinski definition) is 1. The fraction of sp³-hybridized carbons (Fsp3) is 1.00. The van der Waals surface area contributed by atoms with Gasteiger partial charge in [0.05, 0.1) is 0 Å². The highest BCUT2D eigenvalue weighted by Gasteiger charge is 2.26. The first-order valence-electron chi connectivity index (χ1n) is 7.95. The van der Waals surface area contributed by atoms with E-state index in [9.17, 15) is 0 Å². The maximum atomic E-state index is 5.63. The van der Waals surface area contributed by atoms with Gasteiger partial charge in [0.2, 0.25) is 0 Å². The lowest BCUT2D eigenvalue weighted by Gasteiger charge is -2.40. The van der Waals surface area contributed by atoms with Crippen LogP contribution in [0.3, 0.4) is 0 Å². The normalized spacial score (nSPS) is 25.1. The van der Waals surface area contributed by atoms with Crippen LogP contribution in [0.1, 0.15) is 47.0 Å². The Hall–Kier alpha value is -0.160. The Morgan fingerprint density at radius 3 is 2.32 bits per heavy atom. The van der Waals surface area contributed by atoms with Crippen LogP contribution in [-0.2, 0) is 9.47 Å². The van der Waals surface area contributed by atoms with Gasteiger partial charge in [-0.1, -0.05) is 13.8 Å². The van der Waals surface area contributed by atoms with Crippen LogP contribution in [0.25, 0.3) is 0 Å². The van der Waals surface area contributed by atoms with Crippen LogP contribution in [0.2, 0.25) is 0 Å². The molecule has 1 heterocycles. The van der Waals surface area contributed by atoms with Gasteiger partial charge in [0.15, 0.2) is 6.29 Å². The second-order valence-electron chi connectivity index (χ2n) is 5.20. The molecule has 19 heavy (non-hydrogen) atoms. The summed E-state index contributed by atoms with van der Waals surface area (Å²) in [5, 5.41) is 3.63. The third kappa shape index (κ3) is 5.78. The van der Waals surface area contributed by atoms with Gasteiger partial charge < -0.3 is 14.8 Å². The number of rotatable bonds is 9. The molecular weight excluding hydrogens is 240 g/mol. The van der Waals surface area contributed by atoms with E-state index in [-0.39, 0.29) is 6.29 Å². The highest BCUT2D eigenvalue weighted by Crippen LogP contribution is 2.14. The number of ether oxygens (including phenoxy) is 2. The molecule has 4 nitrogen and oxygen atoms in total. The predicted molar refractivity (Wildman–Crippen MR) is 79.4 cm³/mol. The van der Waals surface area contributed by atoms with Crippen LogP contribution in [0.4, 0.5) is 0 Å². The summed E-state index contributed by atoms with van der Waals surface area (Å²) in [5.74, 6) is 0. The Balaban J connectivity index is 2.41. The van der Waals surface area contributed by atoms with E-state index >= 15 is 0 Å². The molecule has 0 aliphatic carbocycles. The van der Waals surface area contributed by atoms with E-state index < -0.39 is 0 Å². The van der Waals surface area contributed by atoms with Gasteiger partial charge in [-0.2, -0.15) is 0 Å². The Bertz CT molecular complexity index is 220. The highest BCUT2D eigenvalue weighted by molar-refractivity contribution is 4.84. The third-order valence-electron chi connectivity index (χ3n) is 3.93. The average molecular weight is 272 g/mol. The maximum Gasteiger partial charge on any atom is 0.158 e. The lowest BCUT2D eigenvalue weighted by atomic mass is 10.0. The Labute approximate surface area is 118 Å². The van der Waals surface area contributed by atoms with Crippen LogP contribution in [0, 0.1) is 0 Å². The standard InChI is InChI=1S/C15H32N2O2/c1-5-13-12-17(14(6-2)11-16-13)10-9-15(18-7-3)19-8-4/h13-16H,5-12H2,1-4H3. The van der Waals surface area contributed by atoms with E-state index in [0.29, 0.717) is 12.1 Å². The van der Waals surface area contributed by atoms with Gasteiger partial charge in [0.1, 0.15) is 0 Å². The zero-order valence-electron chi connectivity index (χ0n) is 13.2. The summed E-state index contributed by atoms with van der Waals surface area (Å²) in [4.78, 5) is 2.61. The van der Waals surface area contributed by atoms with Crippen molar-refractivity contribution in [2.24, 2.45) is 0 Å². The largest absolute Gasteiger partial charge is 0.353 e. The zero-order chi connectivity index (χ0) is 14.1. The first-order chi connectivity index (χ1) is 9.24. The molecule has 0 bridgehead atoms. The number of piperazine rings is 1. The van der Waals surface area contributed by atoms with Crippen molar-refractivity contribution in [1.82, 2.24) is 10.2 Å². The van der Waals surface area contributed by atoms with E-state index in [2.05, 4.69) is 24.1 Å². The Morgan fingerprint density at radius 2 is 1.79 bits per heavy atom. The molecular formula is C15H32N2O2. The molecule has 0 aromatic carbocycles. The first-order valence-corrected chi connectivity index (χ1v) is 7.95. The molecule has 1 fully saturated rings. The van der Waals surface area contributed by atoms with E-state index in [4.69, 9.17) is 9.47 Å². The quantitative estimate of drug-likeness (QED) is 0.653. The topological polar surface area (TPSA) is 33.7 Å². The smallest absolute Gasteiger partial charge is 0.158 e. The number of nitrogens with zero attached hydrogens (tertiary/aromatic N) is 1. The van der Waals surface area contributed by atoms with Crippen molar-refractivity contribution in [3.8, 4) is 0 Å². The van der Waals surface area contributed by atoms with Crippen molar-refractivity contribution in [1.29, 1.82) is 0 Å². The molecule has 0 saturated carbocycles. The minimum absolute atomic E-state index is 0.0394. The molecule has 2 unspecified atom stereocenters. The Morgan fingerprint density at radius 1 is 1.11 bits per heavy atom. The summed E-state index contributed by atoms with van der Waals surface area (Å²) >= 11 is 0. The molecule has 1 N–H and O–H groups in total. The predicted octanol–water partition coefficient (Wildman–Crippen LogP) is 2.24. The van der Waals surface area contributed by atoms with Gasteiger partial charge in [-0.3, -0.25) is 4.90 Å². The van der Waals surface area contributed by atoms with Crippen LogP contribution in [0.5, 0.6) is 0 Å². The van der Waals surface area contributed by atoms with Crippen molar-refractivity contribution in [3.05, 3.63) is 0 Å². The summed E-state index contributed by atoms with van der Waals surface area (Å²) < 4.78 is 11.3. The lowest BCUT2D eigenvalue weighted by Crippen LogP contribution is -2.56. The van der Waals surface area contributed by atoms with E-state index in [1.54, 1.807) is 0 Å². The molecule has 1 aliphatic heterocycles. The molecule has 1 aliphatic rings. The van der Waals surface area contributed by atoms with Gasteiger partial charge in [0.25, 0.3) is 0 Å². The van der Waals surface area contributed by atoms with Gasteiger partial charge in [0, 0.05) is 51.4 Å². The van der Waals surface area contributed by atoms with Gasteiger partial charge in [-0.15, -0.1) is 0 Å². The maximum absolute atomic E-state index is 5.63. The summed E-state index contributed by atoms with van der Waals surface area (Å²) in [6.45, 7) is 13.4. The zero-order valence-corrected chi connectivity index (χ0v) is 13.2. The van der Waals surface area contributed by atoms with Crippen LogP contribution in [0.15, 0.2) is 0 Å². The van der Waals surface area contributed by atoms with E-state index in [1.165, 1.54) is 12.8 Å². The first kappa shape index (κ1) is 16.9. The van der Waals surface area contributed by atoms with Crippen LogP contribution >= 0.6 is 0 Å². The molecule has 4 heteroatoms. The van der Waals surface area contributed by atoms with Crippen molar-refractivity contribution in [3.63, 3.8) is 0 Å². The molecule has 1 rings (SSSR count). The van der Waals surface area contributed by atoms with Crippen LogP contribution in [-0.4, -0.2) is 56.1 Å². The van der Waals surface area contributed by atoms with Crippen molar-refractivity contribution >= 4 is 0 Å². The summed E-state index contributed by atoms with van der Waals surface area (Å²) in [5.41, 5.74) is 0. The molecule has 0 radical (unpaired) electrons. The third-order valence-corrected chi connectivity index (χ3v) is 3.93. The van der Waals surface area contributed by atoms with Crippen molar-refractivity contribution in [2.75, 3.05) is 32.8 Å². The fourth-order valence-electron chi connectivity index (χ4n) is 2.74. The minimum Gasteiger partial charge on any atom is -0.353 e. The summed E-state index contributed by atoms with van der Waals surface area (Å²) in [6, 6.07) is 1.30. The molecule has 2 atom stereocenters. The Kier molecular flexibility index (Phi) is 8.62. The molecule has 114 valence electrons. The number of hydrogen-bond acceptors (Lipinski definition) is 4. The molecule has 0 spiro atoms. The molecule has 0 aromatic heterocycles. The monoisotopic (exact) mass is 272 g/mol. The molecule has 0 amide bonds. The minimum atomic E-state index is -0.0394. The second kappa shape index (κ2) is 9.70. The fourth-order valence-corrected chi connectivity index (χ4v) is 2.74. The molecule has 1 saturated heterocycles. The van der Waals surface area contributed by atoms with Gasteiger partial charge in [-0.25, -0.2) is 0 Å². The molecule has 0 aromatic rings. The SMILES string of the molecule is CCOC(CCN1CC(CC)NCC1CC)OCC.